The van der Waals surface area contributed by atoms with Gasteiger partial charge in [-0.2, -0.15) is 0 Å². The lowest BCUT2D eigenvalue weighted by atomic mass is 10.3. The Morgan fingerprint density at radius 3 is 3.18 bits per heavy atom. The van der Waals surface area contributed by atoms with Crippen LogP contribution in [0.1, 0.15) is 12.6 Å². The molecule has 1 saturated heterocycles. The number of aromatic nitrogens is 2. The van der Waals surface area contributed by atoms with Crippen molar-refractivity contribution in [2.24, 2.45) is 0 Å². The molecule has 1 aromatic heterocycles. The third-order valence-electron chi connectivity index (χ3n) is 2.53. The quantitative estimate of drug-likeness (QED) is 0.794. The van der Waals surface area contributed by atoms with Gasteiger partial charge < -0.3 is 15.0 Å². The number of nitrogens with one attached hydrogen (secondary N) is 1. The molecule has 1 fully saturated rings. The smallest absolute Gasteiger partial charge is 0.239 e. The molecule has 0 bridgehead atoms. The van der Waals surface area contributed by atoms with E-state index in [0.29, 0.717) is 26.3 Å². The van der Waals surface area contributed by atoms with Crippen molar-refractivity contribution in [3.8, 4) is 0 Å². The van der Waals surface area contributed by atoms with Crippen molar-refractivity contribution in [1.29, 1.82) is 0 Å². The average molecular weight is 236 g/mol. The van der Waals surface area contributed by atoms with Crippen molar-refractivity contribution in [3.63, 3.8) is 0 Å². The van der Waals surface area contributed by atoms with E-state index in [1.165, 1.54) is 6.33 Å². The van der Waals surface area contributed by atoms with E-state index in [1.807, 2.05) is 17.9 Å². The Labute approximate surface area is 100 Å². The number of rotatable bonds is 4. The van der Waals surface area contributed by atoms with E-state index in [9.17, 15) is 4.79 Å². The summed E-state index contributed by atoms with van der Waals surface area (Å²) in [5.74, 6) is 0.811. The van der Waals surface area contributed by atoms with Crippen LogP contribution < -0.4 is 10.2 Å². The summed E-state index contributed by atoms with van der Waals surface area (Å²) < 4.78 is 5.29. The SMILES string of the molecule is CCOCc1cc(N2CCNC(=O)C2)ncn1. The Kier molecular flexibility index (Phi) is 3.87. The predicted octanol–water partition coefficient (Wildman–Crippen LogP) is -0.0507. The van der Waals surface area contributed by atoms with Crippen LogP contribution in [0.15, 0.2) is 12.4 Å². The predicted molar refractivity (Wildman–Crippen MR) is 62.6 cm³/mol. The van der Waals surface area contributed by atoms with Gasteiger partial charge in [0, 0.05) is 25.8 Å². The van der Waals surface area contributed by atoms with E-state index in [2.05, 4.69) is 15.3 Å². The highest BCUT2D eigenvalue weighted by atomic mass is 16.5. The number of nitrogens with zero attached hydrogens (tertiary/aromatic N) is 3. The summed E-state index contributed by atoms with van der Waals surface area (Å²) in [4.78, 5) is 21.5. The molecule has 0 atom stereocenters. The summed E-state index contributed by atoms with van der Waals surface area (Å²) in [6, 6.07) is 1.87. The molecule has 2 heterocycles. The number of amides is 1. The zero-order chi connectivity index (χ0) is 12.1. The van der Waals surface area contributed by atoms with E-state index in [1.54, 1.807) is 0 Å². The Morgan fingerprint density at radius 1 is 1.53 bits per heavy atom. The molecular formula is C11H16N4O2. The zero-order valence-electron chi connectivity index (χ0n) is 9.85. The van der Waals surface area contributed by atoms with Gasteiger partial charge in [-0.15, -0.1) is 0 Å². The van der Waals surface area contributed by atoms with E-state index in [4.69, 9.17) is 4.74 Å². The molecule has 0 saturated carbocycles. The minimum atomic E-state index is 0.0289. The Hall–Kier alpha value is -1.69. The van der Waals surface area contributed by atoms with Crippen molar-refractivity contribution in [2.75, 3.05) is 31.1 Å². The van der Waals surface area contributed by atoms with Crippen molar-refractivity contribution < 1.29 is 9.53 Å². The number of hydrogen-bond acceptors (Lipinski definition) is 5. The normalized spacial score (nSPS) is 15.8. The highest BCUT2D eigenvalue weighted by molar-refractivity contribution is 5.82. The number of hydrogen-bond donors (Lipinski definition) is 1. The molecule has 0 aromatic carbocycles. The van der Waals surface area contributed by atoms with Gasteiger partial charge in [0.15, 0.2) is 0 Å². The topological polar surface area (TPSA) is 67.3 Å². The number of carbonyl (C=O) groups excluding carboxylic acids is 1. The maximum absolute atomic E-state index is 11.3. The lowest BCUT2D eigenvalue weighted by Gasteiger charge is -2.27. The molecule has 1 aliphatic heterocycles. The lowest BCUT2D eigenvalue weighted by Crippen LogP contribution is -2.48. The van der Waals surface area contributed by atoms with Crippen LogP contribution in [0.2, 0.25) is 0 Å². The highest BCUT2D eigenvalue weighted by Crippen LogP contribution is 2.12. The third kappa shape index (κ3) is 3.13. The van der Waals surface area contributed by atoms with Crippen LogP contribution in [-0.4, -0.2) is 42.1 Å². The first-order chi connectivity index (χ1) is 8.29. The molecule has 17 heavy (non-hydrogen) atoms. The first kappa shape index (κ1) is 11.8. The fraction of sp³-hybridized carbons (Fsp3) is 0.545. The van der Waals surface area contributed by atoms with E-state index in [-0.39, 0.29) is 5.91 Å². The number of carbonyl (C=O) groups is 1. The molecule has 0 radical (unpaired) electrons. The van der Waals surface area contributed by atoms with Gasteiger partial charge >= 0.3 is 0 Å². The molecule has 1 N–H and O–H groups in total. The molecule has 6 nitrogen and oxygen atoms in total. The Morgan fingerprint density at radius 2 is 2.41 bits per heavy atom. The largest absolute Gasteiger partial charge is 0.375 e. The minimum Gasteiger partial charge on any atom is -0.375 e. The molecule has 2 rings (SSSR count). The fourth-order valence-corrected chi connectivity index (χ4v) is 1.68. The summed E-state index contributed by atoms with van der Waals surface area (Å²) in [5.41, 5.74) is 0.836. The second-order valence-corrected chi connectivity index (χ2v) is 3.78. The van der Waals surface area contributed by atoms with Crippen LogP contribution in [0.3, 0.4) is 0 Å². The standard InChI is InChI=1S/C11H16N4O2/c1-2-17-7-9-5-10(14-8-13-9)15-4-3-12-11(16)6-15/h5,8H,2-4,6-7H2,1H3,(H,12,16). The summed E-state index contributed by atoms with van der Waals surface area (Å²) in [6.45, 7) is 4.86. The van der Waals surface area contributed by atoms with Gasteiger partial charge in [-0.05, 0) is 6.92 Å². The van der Waals surface area contributed by atoms with Gasteiger partial charge in [0.05, 0.1) is 18.8 Å². The van der Waals surface area contributed by atoms with Crippen LogP contribution in [0.4, 0.5) is 5.82 Å². The first-order valence-corrected chi connectivity index (χ1v) is 5.70. The van der Waals surface area contributed by atoms with Crippen molar-refractivity contribution in [1.82, 2.24) is 15.3 Å². The van der Waals surface area contributed by atoms with E-state index < -0.39 is 0 Å². The van der Waals surface area contributed by atoms with Crippen molar-refractivity contribution in [2.45, 2.75) is 13.5 Å². The molecular weight excluding hydrogens is 220 g/mol. The minimum absolute atomic E-state index is 0.0289. The number of ether oxygens (including phenoxy) is 1. The molecule has 92 valence electrons. The second kappa shape index (κ2) is 5.58. The Bertz CT molecular complexity index is 397. The fourth-order valence-electron chi connectivity index (χ4n) is 1.68. The molecule has 6 heteroatoms. The molecule has 1 aromatic rings. The number of anilines is 1. The summed E-state index contributed by atoms with van der Waals surface area (Å²) >= 11 is 0. The van der Waals surface area contributed by atoms with E-state index in [0.717, 1.165) is 18.1 Å². The van der Waals surface area contributed by atoms with Crippen molar-refractivity contribution in [3.05, 3.63) is 18.1 Å². The lowest BCUT2D eigenvalue weighted by molar-refractivity contribution is -0.120. The first-order valence-electron chi connectivity index (χ1n) is 5.70. The zero-order valence-corrected chi connectivity index (χ0v) is 9.85. The third-order valence-corrected chi connectivity index (χ3v) is 2.53. The van der Waals surface area contributed by atoms with Gasteiger partial charge in [0.1, 0.15) is 12.1 Å². The van der Waals surface area contributed by atoms with Gasteiger partial charge in [-0.1, -0.05) is 0 Å². The summed E-state index contributed by atoms with van der Waals surface area (Å²) in [5, 5.41) is 2.78. The van der Waals surface area contributed by atoms with Crippen LogP contribution >= 0.6 is 0 Å². The monoisotopic (exact) mass is 236 g/mol. The molecule has 0 unspecified atom stereocenters. The van der Waals surface area contributed by atoms with Crippen LogP contribution in [0.5, 0.6) is 0 Å². The van der Waals surface area contributed by atoms with Crippen LogP contribution in [0.25, 0.3) is 0 Å². The van der Waals surface area contributed by atoms with Crippen LogP contribution in [-0.2, 0) is 16.1 Å². The molecule has 0 aliphatic carbocycles. The summed E-state index contributed by atoms with van der Waals surface area (Å²) in [7, 11) is 0. The number of piperazine rings is 1. The summed E-state index contributed by atoms with van der Waals surface area (Å²) in [6.07, 6.45) is 1.51. The second-order valence-electron chi connectivity index (χ2n) is 3.78. The maximum atomic E-state index is 11.3. The average Bonchev–Trinajstić information content (AvgIpc) is 2.37. The molecule has 0 spiro atoms. The van der Waals surface area contributed by atoms with Gasteiger partial charge in [-0.25, -0.2) is 9.97 Å². The van der Waals surface area contributed by atoms with Crippen molar-refractivity contribution >= 4 is 11.7 Å². The van der Waals surface area contributed by atoms with Gasteiger partial charge in [0.2, 0.25) is 5.91 Å². The Balaban J connectivity index is 2.06. The molecule has 1 amide bonds. The van der Waals surface area contributed by atoms with E-state index >= 15 is 0 Å². The molecule has 1 aliphatic rings. The van der Waals surface area contributed by atoms with Gasteiger partial charge in [0.25, 0.3) is 0 Å². The van der Waals surface area contributed by atoms with Crippen LogP contribution in [0, 0.1) is 0 Å². The van der Waals surface area contributed by atoms with Gasteiger partial charge in [-0.3, -0.25) is 4.79 Å². The highest BCUT2D eigenvalue weighted by Gasteiger charge is 2.17. The maximum Gasteiger partial charge on any atom is 0.239 e.